The van der Waals surface area contributed by atoms with Gasteiger partial charge in [0.05, 0.1) is 5.51 Å². The summed E-state index contributed by atoms with van der Waals surface area (Å²) in [5, 5.41) is 3.67. The van der Waals surface area contributed by atoms with Crippen molar-refractivity contribution in [2.75, 3.05) is 6.54 Å². The van der Waals surface area contributed by atoms with E-state index < -0.39 is 0 Å². The van der Waals surface area contributed by atoms with E-state index >= 15 is 0 Å². The van der Waals surface area contributed by atoms with Crippen LogP contribution in [0.4, 0.5) is 0 Å². The average molecular weight is 238 g/mol. The third kappa shape index (κ3) is 3.56. The van der Waals surface area contributed by atoms with E-state index in [2.05, 4.69) is 17.2 Å². The van der Waals surface area contributed by atoms with Crippen LogP contribution in [-0.2, 0) is 6.42 Å². The van der Waals surface area contributed by atoms with Crippen molar-refractivity contribution in [2.45, 2.75) is 51.5 Å². The molecule has 1 N–H and O–H groups in total. The van der Waals surface area contributed by atoms with E-state index in [1.165, 1.54) is 49.9 Å². The summed E-state index contributed by atoms with van der Waals surface area (Å²) in [6, 6.07) is 0.770. The predicted molar refractivity (Wildman–Crippen MR) is 69.9 cm³/mol. The highest BCUT2D eigenvalue weighted by Crippen LogP contribution is 2.28. The highest BCUT2D eigenvalue weighted by molar-refractivity contribution is 7.09. The molecule has 2 rings (SSSR count). The van der Waals surface area contributed by atoms with E-state index in [1.54, 1.807) is 11.3 Å². The van der Waals surface area contributed by atoms with Gasteiger partial charge in [0.2, 0.25) is 0 Å². The first-order valence-corrected chi connectivity index (χ1v) is 7.37. The van der Waals surface area contributed by atoms with Crippen molar-refractivity contribution in [3.63, 3.8) is 0 Å². The first-order valence-electron chi connectivity index (χ1n) is 6.49. The van der Waals surface area contributed by atoms with Crippen molar-refractivity contribution >= 4 is 11.3 Å². The number of thiazole rings is 1. The molecule has 0 spiro atoms. The van der Waals surface area contributed by atoms with Crippen LogP contribution >= 0.6 is 11.3 Å². The molecular formula is C13H22N2S. The lowest BCUT2D eigenvalue weighted by atomic mass is 9.83. The maximum atomic E-state index is 4.16. The number of nitrogens with zero attached hydrogens (tertiary/aromatic N) is 1. The minimum atomic E-state index is 0.770. The van der Waals surface area contributed by atoms with Crippen LogP contribution in [0.15, 0.2) is 11.7 Å². The smallest absolute Gasteiger partial charge is 0.0794 e. The van der Waals surface area contributed by atoms with E-state index in [9.17, 15) is 0 Å². The van der Waals surface area contributed by atoms with E-state index in [0.717, 1.165) is 12.0 Å². The Morgan fingerprint density at radius 2 is 2.44 bits per heavy atom. The lowest BCUT2D eigenvalue weighted by Gasteiger charge is -2.29. The fourth-order valence-electron chi connectivity index (χ4n) is 2.64. The van der Waals surface area contributed by atoms with Gasteiger partial charge in [0.1, 0.15) is 0 Å². The molecule has 0 saturated heterocycles. The maximum Gasteiger partial charge on any atom is 0.0794 e. The summed E-state index contributed by atoms with van der Waals surface area (Å²) in [7, 11) is 0. The van der Waals surface area contributed by atoms with Crippen LogP contribution in [0.25, 0.3) is 0 Å². The summed E-state index contributed by atoms with van der Waals surface area (Å²) >= 11 is 1.80. The molecule has 0 bridgehead atoms. The summed E-state index contributed by atoms with van der Waals surface area (Å²) < 4.78 is 0. The molecular weight excluding hydrogens is 216 g/mol. The molecule has 1 aliphatic rings. The number of hydrogen-bond donors (Lipinski definition) is 1. The molecule has 1 heterocycles. The average Bonchev–Trinajstić information content (AvgIpc) is 2.80. The monoisotopic (exact) mass is 238 g/mol. The Labute approximate surface area is 102 Å². The minimum Gasteiger partial charge on any atom is -0.314 e. The highest BCUT2D eigenvalue weighted by atomic mass is 32.1. The molecule has 0 radical (unpaired) electrons. The van der Waals surface area contributed by atoms with Crippen LogP contribution in [0, 0.1) is 5.92 Å². The standard InChI is InChI=1S/C13H22N2S/c1-2-6-15-12-5-3-4-11(7-12)8-13-9-14-10-16-13/h9-12,15H,2-8H2,1H3. The molecule has 2 atom stereocenters. The summed E-state index contributed by atoms with van der Waals surface area (Å²) in [5.41, 5.74) is 1.95. The van der Waals surface area contributed by atoms with Crippen molar-refractivity contribution in [3.05, 3.63) is 16.6 Å². The second-order valence-electron chi connectivity index (χ2n) is 4.86. The highest BCUT2D eigenvalue weighted by Gasteiger charge is 2.21. The van der Waals surface area contributed by atoms with E-state index in [-0.39, 0.29) is 0 Å². The minimum absolute atomic E-state index is 0.770. The quantitative estimate of drug-likeness (QED) is 0.852. The number of nitrogens with one attached hydrogen (secondary N) is 1. The van der Waals surface area contributed by atoms with Crippen LogP contribution in [0.1, 0.15) is 43.9 Å². The zero-order valence-electron chi connectivity index (χ0n) is 10.1. The molecule has 1 aromatic heterocycles. The number of hydrogen-bond acceptors (Lipinski definition) is 3. The normalized spacial score (nSPS) is 25.8. The Morgan fingerprint density at radius 1 is 1.50 bits per heavy atom. The van der Waals surface area contributed by atoms with Gasteiger partial charge in [-0.1, -0.05) is 13.3 Å². The molecule has 3 heteroatoms. The molecule has 16 heavy (non-hydrogen) atoms. The zero-order chi connectivity index (χ0) is 11.2. The Bertz CT molecular complexity index is 284. The van der Waals surface area contributed by atoms with Crippen LogP contribution in [-0.4, -0.2) is 17.6 Å². The Balaban J connectivity index is 1.77. The summed E-state index contributed by atoms with van der Waals surface area (Å²) in [5.74, 6) is 0.878. The molecule has 1 fully saturated rings. The number of rotatable bonds is 5. The van der Waals surface area contributed by atoms with Gasteiger partial charge in [-0.05, 0) is 44.6 Å². The molecule has 0 amide bonds. The fraction of sp³-hybridized carbons (Fsp3) is 0.769. The Hall–Kier alpha value is -0.410. The van der Waals surface area contributed by atoms with Gasteiger partial charge in [-0.3, -0.25) is 4.98 Å². The van der Waals surface area contributed by atoms with E-state index in [0.29, 0.717) is 0 Å². The van der Waals surface area contributed by atoms with Gasteiger partial charge >= 0.3 is 0 Å². The summed E-state index contributed by atoms with van der Waals surface area (Å²) in [6.07, 6.45) is 10.1. The van der Waals surface area contributed by atoms with Gasteiger partial charge < -0.3 is 5.32 Å². The molecule has 2 nitrogen and oxygen atoms in total. The second-order valence-corrected chi connectivity index (χ2v) is 5.83. The Kier molecular flexibility index (Phi) is 4.79. The SMILES string of the molecule is CCCNC1CCCC(Cc2cncs2)C1. The maximum absolute atomic E-state index is 4.16. The van der Waals surface area contributed by atoms with Gasteiger partial charge in [-0.2, -0.15) is 0 Å². The van der Waals surface area contributed by atoms with Crippen molar-refractivity contribution in [1.29, 1.82) is 0 Å². The Morgan fingerprint density at radius 3 is 3.19 bits per heavy atom. The molecule has 1 saturated carbocycles. The van der Waals surface area contributed by atoms with Gasteiger partial charge in [0, 0.05) is 17.1 Å². The van der Waals surface area contributed by atoms with Crippen LogP contribution in [0.5, 0.6) is 0 Å². The topological polar surface area (TPSA) is 24.9 Å². The zero-order valence-corrected chi connectivity index (χ0v) is 10.9. The lowest BCUT2D eigenvalue weighted by Crippen LogP contribution is -2.35. The molecule has 90 valence electrons. The van der Waals surface area contributed by atoms with Gasteiger partial charge in [-0.15, -0.1) is 11.3 Å². The largest absolute Gasteiger partial charge is 0.314 e. The van der Waals surface area contributed by atoms with Crippen molar-refractivity contribution in [3.8, 4) is 0 Å². The van der Waals surface area contributed by atoms with Gasteiger partial charge in [0.15, 0.2) is 0 Å². The van der Waals surface area contributed by atoms with Crippen molar-refractivity contribution in [2.24, 2.45) is 5.92 Å². The third-order valence-electron chi connectivity index (χ3n) is 3.44. The number of aromatic nitrogens is 1. The summed E-state index contributed by atoms with van der Waals surface area (Å²) in [4.78, 5) is 5.62. The summed E-state index contributed by atoms with van der Waals surface area (Å²) in [6.45, 7) is 3.42. The van der Waals surface area contributed by atoms with Crippen LogP contribution in [0.2, 0.25) is 0 Å². The van der Waals surface area contributed by atoms with Crippen molar-refractivity contribution in [1.82, 2.24) is 10.3 Å². The van der Waals surface area contributed by atoms with Gasteiger partial charge in [0.25, 0.3) is 0 Å². The van der Waals surface area contributed by atoms with Crippen LogP contribution in [0.3, 0.4) is 0 Å². The fourth-order valence-corrected chi connectivity index (χ4v) is 3.35. The first-order chi connectivity index (χ1) is 7.88. The second kappa shape index (κ2) is 6.36. The van der Waals surface area contributed by atoms with Crippen molar-refractivity contribution < 1.29 is 0 Å². The molecule has 2 unspecified atom stereocenters. The first kappa shape index (κ1) is 12.1. The van der Waals surface area contributed by atoms with Crippen LogP contribution < -0.4 is 5.32 Å². The lowest BCUT2D eigenvalue weighted by molar-refractivity contribution is 0.285. The molecule has 0 aliphatic heterocycles. The van der Waals surface area contributed by atoms with E-state index in [4.69, 9.17) is 0 Å². The molecule has 1 aromatic rings. The predicted octanol–water partition coefficient (Wildman–Crippen LogP) is 3.24. The third-order valence-corrected chi connectivity index (χ3v) is 4.24. The van der Waals surface area contributed by atoms with Gasteiger partial charge in [-0.25, -0.2) is 0 Å². The molecule has 1 aliphatic carbocycles. The van der Waals surface area contributed by atoms with E-state index in [1.807, 2.05) is 11.7 Å². The molecule has 0 aromatic carbocycles.